The van der Waals surface area contributed by atoms with E-state index in [9.17, 15) is 9.59 Å². The van der Waals surface area contributed by atoms with Gasteiger partial charge in [-0.3, -0.25) is 9.59 Å². The second kappa shape index (κ2) is 13.3. The maximum absolute atomic E-state index is 14.1. The third kappa shape index (κ3) is 6.90. The highest BCUT2D eigenvalue weighted by Crippen LogP contribution is 2.24. The summed E-state index contributed by atoms with van der Waals surface area (Å²) >= 11 is 0. The van der Waals surface area contributed by atoms with Gasteiger partial charge in [0.05, 0.1) is 7.11 Å². The smallest absolute Gasteiger partial charge is 0.243 e. The molecule has 0 heterocycles. The SMILES string of the molecule is COc1cccc(CN(C(=O)CCc2cccc3ccccc23)[C@@H](Cc2ccccc2)C(=O)NC2CCCC2)c1. The molecule has 0 aliphatic heterocycles. The number of aryl methyl sites for hydroxylation is 1. The number of nitrogens with one attached hydrogen (secondary N) is 1. The molecule has 0 aromatic heterocycles. The highest BCUT2D eigenvalue weighted by molar-refractivity contribution is 5.89. The molecule has 40 heavy (non-hydrogen) atoms. The Morgan fingerprint density at radius 2 is 1.57 bits per heavy atom. The van der Waals surface area contributed by atoms with Crippen LogP contribution in [0.25, 0.3) is 10.8 Å². The number of methoxy groups -OCH3 is 1. The molecule has 4 aromatic rings. The van der Waals surface area contributed by atoms with Gasteiger partial charge in [-0.1, -0.05) is 97.8 Å². The zero-order valence-electron chi connectivity index (χ0n) is 23.2. The van der Waals surface area contributed by atoms with Crippen LogP contribution in [0.1, 0.15) is 48.8 Å². The minimum Gasteiger partial charge on any atom is -0.497 e. The number of ether oxygens (including phenoxy) is 1. The Morgan fingerprint density at radius 3 is 2.38 bits per heavy atom. The molecule has 0 saturated heterocycles. The van der Waals surface area contributed by atoms with E-state index in [4.69, 9.17) is 4.74 Å². The molecule has 1 saturated carbocycles. The summed E-state index contributed by atoms with van der Waals surface area (Å²) in [6, 6.07) is 31.8. The molecule has 5 nitrogen and oxygen atoms in total. The van der Waals surface area contributed by atoms with Crippen LogP contribution in [0.2, 0.25) is 0 Å². The summed E-state index contributed by atoms with van der Waals surface area (Å²) in [7, 11) is 1.64. The first-order valence-electron chi connectivity index (χ1n) is 14.3. The minimum atomic E-state index is -0.616. The first-order valence-corrected chi connectivity index (χ1v) is 14.3. The summed E-state index contributed by atoms with van der Waals surface area (Å²) in [4.78, 5) is 29.8. The van der Waals surface area contributed by atoms with Gasteiger partial charge in [0.25, 0.3) is 0 Å². The van der Waals surface area contributed by atoms with Crippen LogP contribution >= 0.6 is 0 Å². The Bertz CT molecular complexity index is 1420. The Balaban J connectivity index is 1.44. The van der Waals surface area contributed by atoms with Gasteiger partial charge >= 0.3 is 0 Å². The summed E-state index contributed by atoms with van der Waals surface area (Å²) in [6.07, 6.45) is 5.64. The quantitative estimate of drug-likeness (QED) is 0.240. The Hall–Kier alpha value is -4.12. The average Bonchev–Trinajstić information content (AvgIpc) is 3.51. The topological polar surface area (TPSA) is 58.6 Å². The lowest BCUT2D eigenvalue weighted by atomic mass is 9.99. The van der Waals surface area contributed by atoms with Crippen molar-refractivity contribution in [3.05, 3.63) is 114 Å². The molecular formula is C35H38N2O3. The van der Waals surface area contributed by atoms with E-state index in [1.165, 1.54) is 5.39 Å². The molecule has 0 unspecified atom stereocenters. The lowest BCUT2D eigenvalue weighted by molar-refractivity contribution is -0.141. The van der Waals surface area contributed by atoms with Crippen molar-refractivity contribution in [1.29, 1.82) is 0 Å². The van der Waals surface area contributed by atoms with Crippen LogP contribution in [-0.2, 0) is 29.0 Å². The number of rotatable bonds is 11. The molecule has 206 valence electrons. The fraction of sp³-hybridized carbons (Fsp3) is 0.314. The van der Waals surface area contributed by atoms with Crippen molar-refractivity contribution in [2.45, 2.75) is 63.6 Å². The second-order valence-corrected chi connectivity index (χ2v) is 10.7. The summed E-state index contributed by atoms with van der Waals surface area (Å²) in [5.74, 6) is 0.631. The first kappa shape index (κ1) is 27.4. The van der Waals surface area contributed by atoms with Gasteiger partial charge in [0, 0.05) is 25.4 Å². The van der Waals surface area contributed by atoms with E-state index in [2.05, 4.69) is 29.6 Å². The monoisotopic (exact) mass is 534 g/mol. The first-order chi connectivity index (χ1) is 19.6. The summed E-state index contributed by atoms with van der Waals surface area (Å²) in [5.41, 5.74) is 3.11. The van der Waals surface area contributed by atoms with Crippen LogP contribution in [0, 0.1) is 0 Å². The predicted molar refractivity (Wildman–Crippen MR) is 160 cm³/mol. The van der Waals surface area contributed by atoms with Gasteiger partial charge in [-0.05, 0) is 58.9 Å². The number of carbonyl (C=O) groups is 2. The van der Waals surface area contributed by atoms with Crippen LogP contribution < -0.4 is 10.1 Å². The van der Waals surface area contributed by atoms with Gasteiger partial charge in [0.1, 0.15) is 11.8 Å². The van der Waals surface area contributed by atoms with Crippen molar-refractivity contribution in [2.75, 3.05) is 7.11 Å². The molecule has 0 spiro atoms. The molecule has 5 heteroatoms. The number of nitrogens with zero attached hydrogens (tertiary/aromatic N) is 1. The second-order valence-electron chi connectivity index (χ2n) is 10.7. The fourth-order valence-electron chi connectivity index (χ4n) is 5.78. The number of hydrogen-bond donors (Lipinski definition) is 1. The van der Waals surface area contributed by atoms with Gasteiger partial charge < -0.3 is 15.0 Å². The lowest BCUT2D eigenvalue weighted by Gasteiger charge is -2.32. The number of amides is 2. The van der Waals surface area contributed by atoms with E-state index in [1.54, 1.807) is 12.0 Å². The number of fused-ring (bicyclic) bond motifs is 1. The molecule has 2 amide bonds. The maximum Gasteiger partial charge on any atom is 0.243 e. The summed E-state index contributed by atoms with van der Waals surface area (Å²) in [6.45, 7) is 0.334. The zero-order chi connectivity index (χ0) is 27.7. The Morgan fingerprint density at radius 1 is 0.875 bits per heavy atom. The van der Waals surface area contributed by atoms with Gasteiger partial charge in [-0.2, -0.15) is 0 Å². The van der Waals surface area contributed by atoms with Crippen molar-refractivity contribution in [1.82, 2.24) is 10.2 Å². The van der Waals surface area contributed by atoms with Gasteiger partial charge in [-0.15, -0.1) is 0 Å². The van der Waals surface area contributed by atoms with Crippen LogP contribution in [0.15, 0.2) is 97.1 Å². The third-order valence-corrected chi connectivity index (χ3v) is 7.95. The normalized spacial score (nSPS) is 14.1. The minimum absolute atomic E-state index is 0.0294. The molecule has 4 aromatic carbocycles. The fourth-order valence-corrected chi connectivity index (χ4v) is 5.78. The van der Waals surface area contributed by atoms with Gasteiger partial charge in [-0.25, -0.2) is 0 Å². The molecule has 1 N–H and O–H groups in total. The predicted octanol–water partition coefficient (Wildman–Crippen LogP) is 6.48. The van der Waals surface area contributed by atoms with Crippen molar-refractivity contribution in [2.24, 2.45) is 0 Å². The van der Waals surface area contributed by atoms with Gasteiger partial charge in [0.15, 0.2) is 0 Å². The van der Waals surface area contributed by atoms with E-state index in [0.29, 0.717) is 25.8 Å². The highest BCUT2D eigenvalue weighted by atomic mass is 16.5. The summed E-state index contributed by atoms with van der Waals surface area (Å²) in [5, 5.41) is 5.61. The van der Waals surface area contributed by atoms with E-state index in [1.807, 2.05) is 72.8 Å². The number of hydrogen-bond acceptors (Lipinski definition) is 3. The average molecular weight is 535 g/mol. The van der Waals surface area contributed by atoms with Crippen LogP contribution in [-0.4, -0.2) is 35.9 Å². The number of carbonyl (C=O) groups excluding carboxylic acids is 2. The Labute approximate surface area is 237 Å². The molecule has 1 fully saturated rings. The third-order valence-electron chi connectivity index (χ3n) is 7.95. The lowest BCUT2D eigenvalue weighted by Crippen LogP contribution is -2.52. The largest absolute Gasteiger partial charge is 0.497 e. The van der Waals surface area contributed by atoms with Crippen molar-refractivity contribution >= 4 is 22.6 Å². The van der Waals surface area contributed by atoms with E-state index < -0.39 is 6.04 Å². The van der Waals surface area contributed by atoms with Crippen molar-refractivity contribution < 1.29 is 14.3 Å². The van der Waals surface area contributed by atoms with E-state index in [-0.39, 0.29) is 17.9 Å². The molecule has 0 radical (unpaired) electrons. The standard InChI is InChI=1S/C35H38N2O3/c1-40-31-19-9-13-27(23-31)25-37(34(38)22-21-29-16-10-15-28-14-5-8-20-32(28)29)33(24-26-11-3-2-4-12-26)35(39)36-30-17-6-7-18-30/h2-5,8-16,19-20,23,30,33H,6-7,17-18,21-22,24-25H2,1H3,(H,36,39)/t33-/m0/s1. The molecule has 5 rings (SSSR count). The molecular weight excluding hydrogens is 496 g/mol. The van der Waals surface area contributed by atoms with Crippen LogP contribution in [0.3, 0.4) is 0 Å². The molecule has 1 aliphatic rings. The van der Waals surface area contributed by atoms with Gasteiger partial charge in [0.2, 0.25) is 11.8 Å². The summed E-state index contributed by atoms with van der Waals surface area (Å²) < 4.78 is 5.45. The van der Waals surface area contributed by atoms with Crippen molar-refractivity contribution in [3.63, 3.8) is 0 Å². The molecule has 1 aliphatic carbocycles. The van der Waals surface area contributed by atoms with Crippen molar-refractivity contribution in [3.8, 4) is 5.75 Å². The highest BCUT2D eigenvalue weighted by Gasteiger charge is 2.32. The number of benzene rings is 4. The molecule has 0 bridgehead atoms. The van der Waals surface area contributed by atoms with Crippen LogP contribution in [0.5, 0.6) is 5.75 Å². The zero-order valence-corrected chi connectivity index (χ0v) is 23.2. The Kier molecular flexibility index (Phi) is 9.12. The van der Waals surface area contributed by atoms with E-state index >= 15 is 0 Å². The maximum atomic E-state index is 14.1. The van der Waals surface area contributed by atoms with E-state index in [0.717, 1.165) is 53.5 Å². The van der Waals surface area contributed by atoms with Crippen LogP contribution in [0.4, 0.5) is 0 Å². The molecule has 1 atom stereocenters.